The fraction of sp³-hybridized carbons (Fsp3) is 0.167. The molecule has 0 unspecified atom stereocenters. The molecule has 0 radical (unpaired) electrons. The van der Waals surface area contributed by atoms with Crippen LogP contribution < -0.4 is 14.8 Å². The minimum absolute atomic E-state index is 0.205. The van der Waals surface area contributed by atoms with Gasteiger partial charge < -0.3 is 19.8 Å². The number of fused-ring (bicyclic) bond motifs is 1. The van der Waals surface area contributed by atoms with Gasteiger partial charge in [-0.3, -0.25) is 4.79 Å². The molecule has 1 aliphatic rings. The predicted molar refractivity (Wildman–Crippen MR) is 62.3 cm³/mol. The zero-order chi connectivity index (χ0) is 12.4. The van der Waals surface area contributed by atoms with Gasteiger partial charge in [0, 0.05) is 12.1 Å². The van der Waals surface area contributed by atoms with Gasteiger partial charge in [-0.2, -0.15) is 0 Å². The maximum Gasteiger partial charge on any atom is 0.269 e. The number of hydrogen-bond donors (Lipinski definition) is 2. The van der Waals surface area contributed by atoms with Crippen molar-refractivity contribution in [3.63, 3.8) is 0 Å². The molecule has 1 aromatic carbocycles. The van der Waals surface area contributed by atoms with Crippen molar-refractivity contribution >= 4 is 5.91 Å². The second-order valence-electron chi connectivity index (χ2n) is 3.80. The first kappa shape index (κ1) is 10.6. The van der Waals surface area contributed by atoms with Crippen LogP contribution in [0.25, 0.3) is 0 Å². The normalized spacial score (nSPS) is 12.4. The SMILES string of the molecule is O=C(NCc1cccc2c1OCO2)c1cnc[nH]1. The molecule has 0 aliphatic carbocycles. The summed E-state index contributed by atoms with van der Waals surface area (Å²) >= 11 is 0. The number of nitrogens with one attached hydrogen (secondary N) is 2. The number of nitrogens with zero attached hydrogens (tertiary/aromatic N) is 1. The van der Waals surface area contributed by atoms with Crippen molar-refractivity contribution in [1.82, 2.24) is 15.3 Å². The van der Waals surface area contributed by atoms with E-state index in [1.165, 1.54) is 12.5 Å². The third kappa shape index (κ3) is 1.88. The smallest absolute Gasteiger partial charge is 0.269 e. The molecule has 0 spiro atoms. The second-order valence-corrected chi connectivity index (χ2v) is 3.80. The van der Waals surface area contributed by atoms with E-state index in [1.54, 1.807) is 0 Å². The van der Waals surface area contributed by atoms with Crippen LogP contribution in [0, 0.1) is 0 Å². The number of carbonyl (C=O) groups is 1. The van der Waals surface area contributed by atoms with Gasteiger partial charge in [0.2, 0.25) is 6.79 Å². The van der Waals surface area contributed by atoms with E-state index in [9.17, 15) is 4.79 Å². The maximum atomic E-state index is 11.7. The van der Waals surface area contributed by atoms with Crippen LogP contribution in [0.1, 0.15) is 16.1 Å². The predicted octanol–water partition coefficient (Wildman–Crippen LogP) is 1.07. The number of aromatic nitrogens is 2. The Labute approximate surface area is 103 Å². The van der Waals surface area contributed by atoms with Crippen LogP contribution >= 0.6 is 0 Å². The molecule has 1 aromatic heterocycles. The lowest BCUT2D eigenvalue weighted by atomic mass is 10.2. The highest BCUT2D eigenvalue weighted by Gasteiger charge is 2.17. The van der Waals surface area contributed by atoms with Crippen molar-refractivity contribution in [2.75, 3.05) is 6.79 Å². The Morgan fingerprint density at radius 1 is 1.44 bits per heavy atom. The van der Waals surface area contributed by atoms with Gasteiger partial charge in [0.05, 0.1) is 12.5 Å². The van der Waals surface area contributed by atoms with E-state index in [-0.39, 0.29) is 12.7 Å². The fourth-order valence-electron chi connectivity index (χ4n) is 1.78. The molecule has 2 heterocycles. The second kappa shape index (κ2) is 4.40. The molecular weight excluding hydrogens is 234 g/mol. The summed E-state index contributed by atoms with van der Waals surface area (Å²) in [4.78, 5) is 18.3. The Morgan fingerprint density at radius 3 is 3.22 bits per heavy atom. The van der Waals surface area contributed by atoms with Crippen LogP contribution in [0.2, 0.25) is 0 Å². The molecule has 0 saturated carbocycles. The molecule has 0 bridgehead atoms. The maximum absolute atomic E-state index is 11.7. The summed E-state index contributed by atoms with van der Waals surface area (Å²) in [6, 6.07) is 5.59. The molecule has 3 rings (SSSR count). The average molecular weight is 245 g/mol. The number of aromatic amines is 1. The summed E-state index contributed by atoms with van der Waals surface area (Å²) in [7, 11) is 0. The van der Waals surface area contributed by atoms with E-state index in [2.05, 4.69) is 15.3 Å². The van der Waals surface area contributed by atoms with E-state index in [1.807, 2.05) is 18.2 Å². The summed E-state index contributed by atoms with van der Waals surface area (Å²) in [5.74, 6) is 1.20. The zero-order valence-electron chi connectivity index (χ0n) is 9.47. The summed E-state index contributed by atoms with van der Waals surface area (Å²) in [6.07, 6.45) is 2.94. The first-order valence-electron chi connectivity index (χ1n) is 5.48. The quantitative estimate of drug-likeness (QED) is 0.848. The van der Waals surface area contributed by atoms with Gasteiger partial charge in [-0.05, 0) is 6.07 Å². The number of H-pyrrole nitrogens is 1. The molecule has 92 valence electrons. The average Bonchev–Trinajstić information content (AvgIpc) is 3.05. The van der Waals surface area contributed by atoms with Crippen LogP contribution in [0.15, 0.2) is 30.7 Å². The third-order valence-corrected chi connectivity index (χ3v) is 2.66. The zero-order valence-corrected chi connectivity index (χ0v) is 9.47. The number of rotatable bonds is 3. The summed E-state index contributed by atoms with van der Waals surface area (Å²) < 4.78 is 10.6. The number of benzene rings is 1. The molecule has 1 amide bonds. The van der Waals surface area contributed by atoms with Crippen molar-refractivity contribution in [1.29, 1.82) is 0 Å². The highest BCUT2D eigenvalue weighted by molar-refractivity contribution is 5.91. The first-order valence-corrected chi connectivity index (χ1v) is 5.48. The van der Waals surface area contributed by atoms with E-state index in [4.69, 9.17) is 9.47 Å². The molecule has 6 heteroatoms. The van der Waals surface area contributed by atoms with Crippen molar-refractivity contribution in [3.8, 4) is 11.5 Å². The molecule has 0 saturated heterocycles. The molecule has 2 N–H and O–H groups in total. The molecule has 6 nitrogen and oxygen atoms in total. The van der Waals surface area contributed by atoms with Crippen LogP contribution in [0.4, 0.5) is 0 Å². The lowest BCUT2D eigenvalue weighted by molar-refractivity contribution is 0.0946. The van der Waals surface area contributed by atoms with Gasteiger partial charge >= 0.3 is 0 Å². The number of para-hydroxylation sites is 1. The Bertz CT molecular complexity index is 566. The molecule has 0 fully saturated rings. The van der Waals surface area contributed by atoms with Gasteiger partial charge in [-0.25, -0.2) is 4.98 Å². The summed E-state index contributed by atoms with van der Waals surface area (Å²) in [5.41, 5.74) is 1.32. The fourth-order valence-corrected chi connectivity index (χ4v) is 1.78. The molecule has 0 atom stereocenters. The lowest BCUT2D eigenvalue weighted by Crippen LogP contribution is -2.23. The van der Waals surface area contributed by atoms with E-state index >= 15 is 0 Å². The minimum Gasteiger partial charge on any atom is -0.454 e. The number of imidazole rings is 1. The molecule has 2 aromatic rings. The number of amides is 1. The Hall–Kier alpha value is -2.50. The highest BCUT2D eigenvalue weighted by Crippen LogP contribution is 2.35. The summed E-state index contributed by atoms with van der Waals surface area (Å²) in [6.45, 7) is 0.602. The third-order valence-electron chi connectivity index (χ3n) is 2.66. The molecular formula is C12H11N3O3. The van der Waals surface area contributed by atoms with E-state index < -0.39 is 0 Å². The Morgan fingerprint density at radius 2 is 2.39 bits per heavy atom. The highest BCUT2D eigenvalue weighted by atomic mass is 16.7. The van der Waals surface area contributed by atoms with Crippen LogP contribution in [0.3, 0.4) is 0 Å². The van der Waals surface area contributed by atoms with Crippen LogP contribution in [0.5, 0.6) is 11.5 Å². The van der Waals surface area contributed by atoms with E-state index in [0.717, 1.165) is 5.56 Å². The minimum atomic E-state index is -0.205. The summed E-state index contributed by atoms with van der Waals surface area (Å²) in [5, 5.41) is 2.79. The molecule has 1 aliphatic heterocycles. The van der Waals surface area contributed by atoms with E-state index in [0.29, 0.717) is 23.7 Å². The first-order chi connectivity index (χ1) is 8.84. The van der Waals surface area contributed by atoms with Crippen molar-refractivity contribution < 1.29 is 14.3 Å². The standard InChI is InChI=1S/C12H11N3O3/c16-12(9-5-13-6-15-9)14-4-8-2-1-3-10-11(8)18-7-17-10/h1-3,5-6H,4,7H2,(H,13,15)(H,14,16). The van der Waals surface area contributed by atoms with Crippen molar-refractivity contribution in [2.24, 2.45) is 0 Å². The van der Waals surface area contributed by atoms with Gasteiger partial charge in [0.15, 0.2) is 11.5 Å². The van der Waals surface area contributed by atoms with Gasteiger partial charge in [-0.15, -0.1) is 0 Å². The number of ether oxygens (including phenoxy) is 2. The van der Waals surface area contributed by atoms with Gasteiger partial charge in [-0.1, -0.05) is 12.1 Å². The number of carbonyl (C=O) groups excluding carboxylic acids is 1. The Balaban J connectivity index is 1.71. The lowest BCUT2D eigenvalue weighted by Gasteiger charge is -2.06. The van der Waals surface area contributed by atoms with Gasteiger partial charge in [0.25, 0.3) is 5.91 Å². The topological polar surface area (TPSA) is 76.2 Å². The largest absolute Gasteiger partial charge is 0.454 e. The van der Waals surface area contributed by atoms with Crippen LogP contribution in [-0.4, -0.2) is 22.7 Å². The van der Waals surface area contributed by atoms with Crippen LogP contribution in [-0.2, 0) is 6.54 Å². The van der Waals surface area contributed by atoms with Crippen molar-refractivity contribution in [3.05, 3.63) is 42.0 Å². The number of hydrogen-bond acceptors (Lipinski definition) is 4. The van der Waals surface area contributed by atoms with Gasteiger partial charge in [0.1, 0.15) is 5.69 Å². The Kier molecular flexibility index (Phi) is 2.60. The van der Waals surface area contributed by atoms with Crippen molar-refractivity contribution in [2.45, 2.75) is 6.54 Å². The molecule has 18 heavy (non-hydrogen) atoms. The monoisotopic (exact) mass is 245 g/mol.